The van der Waals surface area contributed by atoms with Crippen LogP contribution in [0.5, 0.6) is 0 Å². The molecule has 0 N–H and O–H groups in total. The summed E-state index contributed by atoms with van der Waals surface area (Å²) in [6.07, 6.45) is 3.16. The van der Waals surface area contributed by atoms with Gasteiger partial charge in [0.05, 0.1) is 10.0 Å². The van der Waals surface area contributed by atoms with Crippen LogP contribution >= 0.6 is 23.2 Å². The van der Waals surface area contributed by atoms with Crippen molar-refractivity contribution in [1.82, 2.24) is 0 Å². The number of carbonyl (C=O) groups is 1. The van der Waals surface area contributed by atoms with Crippen LogP contribution in [-0.4, -0.2) is 5.78 Å². The van der Waals surface area contributed by atoms with E-state index in [2.05, 4.69) is 0 Å². The van der Waals surface area contributed by atoms with Crippen molar-refractivity contribution in [3.8, 4) is 11.3 Å². The monoisotopic (exact) mass is 392 g/mol. The predicted molar refractivity (Wildman–Crippen MR) is 111 cm³/mol. The number of halogens is 2. The summed E-state index contributed by atoms with van der Waals surface area (Å²) in [6.45, 7) is 0. The number of rotatable bonds is 4. The van der Waals surface area contributed by atoms with Crippen molar-refractivity contribution in [2.45, 2.75) is 0 Å². The van der Waals surface area contributed by atoms with Gasteiger partial charge in [-0.05, 0) is 53.3 Å². The Morgan fingerprint density at radius 1 is 0.852 bits per heavy atom. The Kier molecular flexibility index (Phi) is 4.85. The van der Waals surface area contributed by atoms with Gasteiger partial charge in [-0.25, -0.2) is 0 Å². The zero-order valence-corrected chi connectivity index (χ0v) is 15.7. The van der Waals surface area contributed by atoms with Gasteiger partial charge in [0.2, 0.25) is 0 Å². The average molecular weight is 393 g/mol. The summed E-state index contributed by atoms with van der Waals surface area (Å²) >= 11 is 12.3. The number of benzene rings is 3. The maximum Gasteiger partial charge on any atom is 0.185 e. The van der Waals surface area contributed by atoms with Crippen LogP contribution in [0.2, 0.25) is 10.0 Å². The fourth-order valence-electron chi connectivity index (χ4n) is 2.88. The molecule has 0 atom stereocenters. The van der Waals surface area contributed by atoms with Crippen LogP contribution < -0.4 is 0 Å². The summed E-state index contributed by atoms with van der Waals surface area (Å²) in [5, 5.41) is 3.05. The second-order valence-electron chi connectivity index (χ2n) is 6.06. The number of hydrogen-bond acceptors (Lipinski definition) is 2. The summed E-state index contributed by atoms with van der Waals surface area (Å²) in [7, 11) is 0. The topological polar surface area (TPSA) is 30.2 Å². The molecule has 1 aromatic heterocycles. The van der Waals surface area contributed by atoms with Crippen molar-refractivity contribution in [1.29, 1.82) is 0 Å². The highest BCUT2D eigenvalue weighted by Crippen LogP contribution is 2.34. The van der Waals surface area contributed by atoms with E-state index in [9.17, 15) is 4.79 Å². The van der Waals surface area contributed by atoms with Gasteiger partial charge < -0.3 is 4.42 Å². The van der Waals surface area contributed by atoms with E-state index in [1.807, 2.05) is 54.6 Å². The van der Waals surface area contributed by atoms with Crippen LogP contribution in [-0.2, 0) is 0 Å². The third-order valence-electron chi connectivity index (χ3n) is 4.28. The van der Waals surface area contributed by atoms with E-state index in [1.54, 1.807) is 24.3 Å². The maximum absolute atomic E-state index is 12.5. The van der Waals surface area contributed by atoms with Crippen molar-refractivity contribution in [2.24, 2.45) is 0 Å². The number of carbonyl (C=O) groups excluding carboxylic acids is 1. The number of ketones is 1. The lowest BCUT2D eigenvalue weighted by molar-refractivity contribution is 0.104. The van der Waals surface area contributed by atoms with Gasteiger partial charge in [-0.15, -0.1) is 0 Å². The lowest BCUT2D eigenvalue weighted by atomic mass is 10.0. The van der Waals surface area contributed by atoms with Crippen LogP contribution in [0.15, 0.2) is 83.3 Å². The van der Waals surface area contributed by atoms with Crippen molar-refractivity contribution in [2.75, 3.05) is 0 Å². The minimum Gasteiger partial charge on any atom is -0.457 e. The lowest BCUT2D eigenvalue weighted by Crippen LogP contribution is -1.93. The fraction of sp³-hybridized carbons (Fsp3) is 0. The van der Waals surface area contributed by atoms with Gasteiger partial charge >= 0.3 is 0 Å². The Labute approximate surface area is 166 Å². The molecule has 0 radical (unpaired) electrons. The first kappa shape index (κ1) is 17.6. The first-order chi connectivity index (χ1) is 13.1. The van der Waals surface area contributed by atoms with E-state index in [-0.39, 0.29) is 5.78 Å². The van der Waals surface area contributed by atoms with E-state index >= 15 is 0 Å². The highest BCUT2D eigenvalue weighted by molar-refractivity contribution is 6.43. The Morgan fingerprint density at radius 2 is 1.67 bits per heavy atom. The molecule has 4 rings (SSSR count). The zero-order chi connectivity index (χ0) is 18.8. The molecule has 0 unspecified atom stereocenters. The molecular formula is C23H14Cl2O2. The zero-order valence-electron chi connectivity index (χ0n) is 14.2. The third-order valence-corrected chi connectivity index (χ3v) is 5.10. The molecule has 0 saturated carbocycles. The number of allylic oxidation sites excluding steroid dienone is 1. The number of furan rings is 1. The van der Waals surface area contributed by atoms with Crippen molar-refractivity contribution >= 4 is 45.8 Å². The van der Waals surface area contributed by atoms with E-state index in [4.69, 9.17) is 27.6 Å². The summed E-state index contributed by atoms with van der Waals surface area (Å²) in [4.78, 5) is 12.5. The summed E-state index contributed by atoms with van der Waals surface area (Å²) < 4.78 is 5.78. The van der Waals surface area contributed by atoms with E-state index in [0.29, 0.717) is 32.7 Å². The van der Waals surface area contributed by atoms with E-state index in [0.717, 1.165) is 10.8 Å². The molecule has 0 bridgehead atoms. The van der Waals surface area contributed by atoms with Crippen molar-refractivity contribution in [3.05, 3.63) is 100 Å². The van der Waals surface area contributed by atoms with E-state index < -0.39 is 0 Å². The van der Waals surface area contributed by atoms with Gasteiger partial charge in [-0.3, -0.25) is 4.79 Å². The second kappa shape index (κ2) is 7.43. The number of hydrogen-bond donors (Lipinski definition) is 0. The molecule has 27 heavy (non-hydrogen) atoms. The number of fused-ring (bicyclic) bond motifs is 1. The highest BCUT2D eigenvalue weighted by Gasteiger charge is 2.10. The van der Waals surface area contributed by atoms with Gasteiger partial charge in [0.25, 0.3) is 0 Å². The molecule has 0 aliphatic carbocycles. The summed E-state index contributed by atoms with van der Waals surface area (Å²) in [5.74, 6) is 1.08. The van der Waals surface area contributed by atoms with Gasteiger partial charge in [0.15, 0.2) is 5.78 Å². The smallest absolute Gasteiger partial charge is 0.185 e. The molecule has 3 aromatic carbocycles. The maximum atomic E-state index is 12.5. The standard InChI is InChI=1S/C23H14Cl2O2/c24-20-7-3-6-19(23(20)25)22-13-11-18(27-22)10-12-21(26)17-9-8-15-4-1-2-5-16(15)14-17/h1-14H/b12-10+. The third kappa shape index (κ3) is 3.68. The van der Waals surface area contributed by atoms with E-state index in [1.165, 1.54) is 6.08 Å². The van der Waals surface area contributed by atoms with Gasteiger partial charge in [0.1, 0.15) is 11.5 Å². The SMILES string of the molecule is O=C(/C=C/c1ccc(-c2cccc(Cl)c2Cl)o1)c1ccc2ccccc2c1. The fourth-order valence-corrected chi connectivity index (χ4v) is 3.27. The predicted octanol–water partition coefficient (Wildman–Crippen LogP) is 7.30. The molecule has 4 heteroatoms. The first-order valence-electron chi connectivity index (χ1n) is 8.37. The van der Waals surface area contributed by atoms with Gasteiger partial charge in [-0.1, -0.05) is 65.7 Å². The van der Waals surface area contributed by atoms with Crippen molar-refractivity contribution in [3.63, 3.8) is 0 Å². The molecule has 0 saturated heterocycles. The van der Waals surface area contributed by atoms with Gasteiger partial charge in [-0.2, -0.15) is 0 Å². The minimum atomic E-state index is -0.0838. The summed E-state index contributed by atoms with van der Waals surface area (Å²) in [5.41, 5.74) is 1.35. The normalized spacial score (nSPS) is 11.3. The Morgan fingerprint density at radius 3 is 2.52 bits per heavy atom. The molecule has 0 spiro atoms. The average Bonchev–Trinajstić information content (AvgIpc) is 3.16. The molecule has 1 heterocycles. The summed E-state index contributed by atoms with van der Waals surface area (Å²) in [6, 6.07) is 22.6. The van der Waals surface area contributed by atoms with Crippen LogP contribution in [0, 0.1) is 0 Å². The van der Waals surface area contributed by atoms with Crippen LogP contribution in [0.3, 0.4) is 0 Å². The Bertz CT molecular complexity index is 1170. The second-order valence-corrected chi connectivity index (χ2v) is 6.85. The Balaban J connectivity index is 1.56. The Hall–Kier alpha value is -2.81. The molecule has 132 valence electrons. The molecule has 0 aliphatic rings. The quantitative estimate of drug-likeness (QED) is 0.269. The highest BCUT2D eigenvalue weighted by atomic mass is 35.5. The molecule has 0 fully saturated rings. The van der Waals surface area contributed by atoms with Crippen LogP contribution in [0.1, 0.15) is 16.1 Å². The van der Waals surface area contributed by atoms with Crippen LogP contribution in [0.25, 0.3) is 28.2 Å². The molecular weight excluding hydrogens is 379 g/mol. The first-order valence-corrected chi connectivity index (χ1v) is 9.13. The molecule has 2 nitrogen and oxygen atoms in total. The minimum absolute atomic E-state index is 0.0838. The molecule has 4 aromatic rings. The lowest BCUT2D eigenvalue weighted by Gasteiger charge is -2.02. The molecule has 0 aliphatic heterocycles. The van der Waals surface area contributed by atoms with Crippen molar-refractivity contribution < 1.29 is 9.21 Å². The van der Waals surface area contributed by atoms with Crippen LogP contribution in [0.4, 0.5) is 0 Å². The largest absolute Gasteiger partial charge is 0.457 e. The molecule has 0 amide bonds. The van der Waals surface area contributed by atoms with Gasteiger partial charge in [0, 0.05) is 11.1 Å².